The lowest BCUT2D eigenvalue weighted by Crippen LogP contribution is -2.14. The highest BCUT2D eigenvalue weighted by molar-refractivity contribution is 5.54. The molecule has 0 unspecified atom stereocenters. The van der Waals surface area contributed by atoms with Crippen molar-refractivity contribution in [2.45, 2.75) is 12.8 Å². The summed E-state index contributed by atoms with van der Waals surface area (Å²) in [4.78, 5) is 14.3. The van der Waals surface area contributed by atoms with Crippen molar-refractivity contribution >= 4 is 17.3 Å². The molecule has 19 heavy (non-hydrogen) atoms. The second-order valence-electron chi connectivity index (χ2n) is 4.44. The highest BCUT2D eigenvalue weighted by Gasteiger charge is 2.20. The van der Waals surface area contributed by atoms with Crippen molar-refractivity contribution in [3.05, 3.63) is 22.2 Å². The van der Waals surface area contributed by atoms with E-state index in [0.717, 1.165) is 12.5 Å². The minimum absolute atomic E-state index is 0.0654. The third-order valence-electron chi connectivity index (χ3n) is 2.77. The molecule has 1 heterocycles. The van der Waals surface area contributed by atoms with Gasteiger partial charge in [-0.1, -0.05) is 0 Å². The number of nitrogens with one attached hydrogen (secondary N) is 2. The van der Waals surface area contributed by atoms with Gasteiger partial charge < -0.3 is 15.5 Å². The summed E-state index contributed by atoms with van der Waals surface area (Å²) in [6.45, 7) is 1.89. The number of nitrogen functional groups attached to an aromatic ring is 1. The van der Waals surface area contributed by atoms with Gasteiger partial charge in [0.15, 0.2) is 0 Å². The van der Waals surface area contributed by atoms with Crippen molar-refractivity contribution in [2.24, 2.45) is 11.8 Å². The number of rotatable bonds is 8. The van der Waals surface area contributed by atoms with E-state index >= 15 is 0 Å². The predicted molar refractivity (Wildman–Crippen MR) is 70.7 cm³/mol. The fourth-order valence-corrected chi connectivity index (χ4v) is 1.57. The number of aromatic nitrogens is 1. The molecule has 1 aromatic rings. The van der Waals surface area contributed by atoms with E-state index in [-0.39, 0.29) is 11.5 Å². The first-order valence-corrected chi connectivity index (χ1v) is 6.13. The van der Waals surface area contributed by atoms with Crippen molar-refractivity contribution in [1.29, 1.82) is 0 Å². The maximum atomic E-state index is 10.7. The van der Waals surface area contributed by atoms with Crippen molar-refractivity contribution in [3.8, 4) is 0 Å². The van der Waals surface area contributed by atoms with Gasteiger partial charge in [-0.05, 0) is 18.8 Å². The molecule has 0 atom stereocenters. The highest BCUT2D eigenvalue weighted by Crippen LogP contribution is 2.28. The van der Waals surface area contributed by atoms with Gasteiger partial charge in [0.1, 0.15) is 11.6 Å². The first kappa shape index (κ1) is 13.5. The zero-order valence-corrected chi connectivity index (χ0v) is 10.5. The lowest BCUT2D eigenvalue weighted by atomic mass is 10.3. The molecular formula is C11H17N5O3. The number of hydrogen-bond donors (Lipinski definition) is 3. The minimum atomic E-state index is -0.489. The van der Waals surface area contributed by atoms with Gasteiger partial charge in [0.2, 0.25) is 0 Å². The number of nitro groups is 1. The Morgan fingerprint density at radius 3 is 2.84 bits per heavy atom. The summed E-state index contributed by atoms with van der Waals surface area (Å²) < 4.78 is 5.45. The van der Waals surface area contributed by atoms with Crippen LogP contribution >= 0.6 is 0 Å². The van der Waals surface area contributed by atoms with Crippen molar-refractivity contribution in [3.63, 3.8) is 0 Å². The molecule has 0 spiro atoms. The molecular weight excluding hydrogens is 250 g/mol. The summed E-state index contributed by atoms with van der Waals surface area (Å²) in [6, 6.07) is 2.64. The van der Waals surface area contributed by atoms with Crippen LogP contribution < -0.4 is 16.6 Å². The molecule has 104 valence electrons. The van der Waals surface area contributed by atoms with Crippen LogP contribution in [0.2, 0.25) is 0 Å². The molecule has 8 nitrogen and oxygen atoms in total. The van der Waals surface area contributed by atoms with Crippen LogP contribution in [0.25, 0.3) is 0 Å². The number of ether oxygens (including phenoxy) is 1. The van der Waals surface area contributed by atoms with Crippen LogP contribution in [0.5, 0.6) is 0 Å². The molecule has 1 aliphatic carbocycles. The smallest absolute Gasteiger partial charge is 0.276 e. The molecule has 0 aromatic carbocycles. The van der Waals surface area contributed by atoms with E-state index in [1.54, 1.807) is 0 Å². The van der Waals surface area contributed by atoms with Gasteiger partial charge >= 0.3 is 0 Å². The Kier molecular flexibility index (Phi) is 4.48. The van der Waals surface area contributed by atoms with Gasteiger partial charge in [-0.3, -0.25) is 10.1 Å². The fraction of sp³-hybridized carbons (Fsp3) is 0.545. The Labute approximate surface area is 110 Å². The van der Waals surface area contributed by atoms with Crippen LogP contribution in [0.4, 0.5) is 17.3 Å². The monoisotopic (exact) mass is 267 g/mol. The molecule has 1 aromatic heterocycles. The van der Waals surface area contributed by atoms with E-state index < -0.39 is 4.92 Å². The third kappa shape index (κ3) is 4.34. The van der Waals surface area contributed by atoms with Gasteiger partial charge in [-0.2, -0.15) is 0 Å². The quantitative estimate of drug-likeness (QED) is 0.279. The van der Waals surface area contributed by atoms with Gasteiger partial charge in [-0.15, -0.1) is 0 Å². The summed E-state index contributed by atoms with van der Waals surface area (Å²) in [5.41, 5.74) is 2.24. The van der Waals surface area contributed by atoms with Gasteiger partial charge in [0.25, 0.3) is 5.69 Å². The molecule has 2 rings (SSSR count). The highest BCUT2D eigenvalue weighted by atomic mass is 16.6. The van der Waals surface area contributed by atoms with Crippen molar-refractivity contribution in [2.75, 3.05) is 30.5 Å². The fourth-order valence-electron chi connectivity index (χ4n) is 1.57. The number of pyridine rings is 1. The van der Waals surface area contributed by atoms with Gasteiger partial charge in [0.05, 0.1) is 23.7 Å². The number of hydrazine groups is 1. The van der Waals surface area contributed by atoms with E-state index in [1.807, 2.05) is 0 Å². The Morgan fingerprint density at radius 1 is 1.47 bits per heavy atom. The molecule has 0 radical (unpaired) electrons. The summed E-state index contributed by atoms with van der Waals surface area (Å²) in [6.07, 6.45) is 2.51. The predicted octanol–water partition coefficient (Wildman–Crippen LogP) is 1.11. The topological polar surface area (TPSA) is 115 Å². The number of nitrogens with zero attached hydrogens (tertiary/aromatic N) is 2. The number of nitrogens with two attached hydrogens (primary N) is 1. The third-order valence-corrected chi connectivity index (χ3v) is 2.77. The van der Waals surface area contributed by atoms with E-state index in [2.05, 4.69) is 15.7 Å². The molecule has 0 bridgehead atoms. The van der Waals surface area contributed by atoms with Crippen LogP contribution in [0.1, 0.15) is 12.8 Å². The average molecular weight is 267 g/mol. The summed E-state index contributed by atoms with van der Waals surface area (Å²) in [5.74, 6) is 6.59. The molecule has 1 aliphatic rings. The number of hydrogen-bond acceptors (Lipinski definition) is 7. The lowest BCUT2D eigenvalue weighted by Gasteiger charge is -2.08. The maximum Gasteiger partial charge on any atom is 0.276 e. The molecule has 4 N–H and O–H groups in total. The Morgan fingerprint density at radius 2 is 2.21 bits per heavy atom. The SMILES string of the molecule is NNc1cc([N+](=O)[O-])cc(NCCOCC2CC2)n1. The largest absolute Gasteiger partial charge is 0.379 e. The summed E-state index contributed by atoms with van der Waals surface area (Å²) >= 11 is 0. The summed E-state index contributed by atoms with van der Waals surface area (Å²) in [5, 5.41) is 13.7. The first-order valence-electron chi connectivity index (χ1n) is 6.13. The second-order valence-corrected chi connectivity index (χ2v) is 4.44. The van der Waals surface area contributed by atoms with Crippen LogP contribution in [-0.2, 0) is 4.74 Å². The maximum absolute atomic E-state index is 10.7. The Hall–Kier alpha value is -1.93. The molecule has 8 heteroatoms. The standard InChI is InChI=1S/C11H17N5O3/c12-15-11-6-9(16(17)18)5-10(14-11)13-3-4-19-7-8-1-2-8/h5-6,8H,1-4,7,12H2,(H2,13,14,15). The summed E-state index contributed by atoms with van der Waals surface area (Å²) in [7, 11) is 0. The molecule has 0 aliphatic heterocycles. The van der Waals surface area contributed by atoms with Gasteiger partial charge in [0, 0.05) is 13.2 Å². The van der Waals surface area contributed by atoms with E-state index in [0.29, 0.717) is 19.0 Å². The van der Waals surface area contributed by atoms with E-state index in [1.165, 1.54) is 25.0 Å². The normalized spacial score (nSPS) is 14.2. The Balaban J connectivity index is 1.83. The minimum Gasteiger partial charge on any atom is -0.379 e. The zero-order chi connectivity index (χ0) is 13.7. The number of anilines is 2. The zero-order valence-electron chi connectivity index (χ0n) is 10.5. The van der Waals surface area contributed by atoms with Crippen LogP contribution in [0, 0.1) is 16.0 Å². The van der Waals surface area contributed by atoms with Crippen molar-refractivity contribution in [1.82, 2.24) is 4.98 Å². The van der Waals surface area contributed by atoms with E-state index in [4.69, 9.17) is 10.6 Å². The molecule has 1 fully saturated rings. The second kappa shape index (κ2) is 6.30. The van der Waals surface area contributed by atoms with Gasteiger partial charge in [-0.25, -0.2) is 10.8 Å². The van der Waals surface area contributed by atoms with Crippen molar-refractivity contribution < 1.29 is 9.66 Å². The first-order chi connectivity index (χ1) is 9.19. The molecule has 0 saturated heterocycles. The molecule has 1 saturated carbocycles. The lowest BCUT2D eigenvalue weighted by molar-refractivity contribution is -0.384. The van der Waals surface area contributed by atoms with Crippen LogP contribution in [0.15, 0.2) is 12.1 Å². The molecule has 0 amide bonds. The van der Waals surface area contributed by atoms with Crippen LogP contribution in [0.3, 0.4) is 0 Å². The Bertz CT molecular complexity index is 450. The average Bonchev–Trinajstić information content (AvgIpc) is 3.22. The van der Waals surface area contributed by atoms with Crippen LogP contribution in [-0.4, -0.2) is 29.7 Å². The van der Waals surface area contributed by atoms with E-state index in [9.17, 15) is 10.1 Å².